The Morgan fingerprint density at radius 2 is 1.81 bits per heavy atom. The summed E-state index contributed by atoms with van der Waals surface area (Å²) >= 11 is 0. The lowest BCUT2D eigenvalue weighted by atomic mass is 9.99. The van der Waals surface area contributed by atoms with Crippen LogP contribution >= 0.6 is 0 Å². The van der Waals surface area contributed by atoms with Crippen LogP contribution in [0.1, 0.15) is 25.5 Å². The van der Waals surface area contributed by atoms with Gasteiger partial charge in [0.05, 0.1) is 5.69 Å². The highest BCUT2D eigenvalue weighted by atomic mass is 19.4. The Hall–Kier alpha value is -2.61. The average molecular weight is 365 g/mol. The Labute approximate surface area is 148 Å². The van der Waals surface area contributed by atoms with E-state index in [2.05, 4.69) is 15.2 Å². The highest BCUT2D eigenvalue weighted by molar-refractivity contribution is 5.92. The summed E-state index contributed by atoms with van der Waals surface area (Å²) in [5.74, 6) is 0. The molecule has 1 unspecified atom stereocenters. The zero-order valence-corrected chi connectivity index (χ0v) is 14.3. The molecular formula is C18H18F3N3O2. The molecule has 138 valence electrons. The van der Waals surface area contributed by atoms with E-state index in [1.807, 2.05) is 19.9 Å². The predicted octanol–water partition coefficient (Wildman–Crippen LogP) is 4.33. The fourth-order valence-electron chi connectivity index (χ4n) is 2.92. The molecule has 0 aliphatic heterocycles. The van der Waals surface area contributed by atoms with E-state index in [4.69, 9.17) is 4.63 Å². The Morgan fingerprint density at radius 1 is 1.08 bits per heavy atom. The standard InChI is InChI=1S/C18H18F3N3O2/c1-3-24(4-2)15-10-13(9-14-16(15)23-26-22-14)11-6-5-7-12(8-11)17(25)18(19,20)21/h5-10,17,25H,3-4H2,1-2H3. The first-order valence-electron chi connectivity index (χ1n) is 8.21. The van der Waals surface area contributed by atoms with Gasteiger partial charge in [0.25, 0.3) is 0 Å². The molecule has 0 saturated carbocycles. The number of aliphatic hydroxyl groups is 1. The minimum Gasteiger partial charge on any atom is -0.379 e. The monoisotopic (exact) mass is 365 g/mol. The van der Waals surface area contributed by atoms with Crippen LogP contribution in [-0.4, -0.2) is 34.7 Å². The van der Waals surface area contributed by atoms with Crippen molar-refractivity contribution in [1.82, 2.24) is 10.3 Å². The van der Waals surface area contributed by atoms with E-state index < -0.39 is 12.3 Å². The topological polar surface area (TPSA) is 62.4 Å². The van der Waals surface area contributed by atoms with Crippen molar-refractivity contribution in [3.63, 3.8) is 0 Å². The molecule has 0 amide bonds. The van der Waals surface area contributed by atoms with Crippen LogP contribution in [-0.2, 0) is 0 Å². The van der Waals surface area contributed by atoms with Crippen molar-refractivity contribution < 1.29 is 22.9 Å². The molecule has 8 heteroatoms. The molecule has 2 aromatic carbocycles. The molecule has 0 radical (unpaired) electrons. The summed E-state index contributed by atoms with van der Waals surface area (Å²) in [5, 5.41) is 17.3. The number of alkyl halides is 3. The molecule has 5 nitrogen and oxygen atoms in total. The summed E-state index contributed by atoms with van der Waals surface area (Å²) < 4.78 is 43.3. The lowest BCUT2D eigenvalue weighted by Crippen LogP contribution is -2.22. The molecule has 1 atom stereocenters. The lowest BCUT2D eigenvalue weighted by molar-refractivity contribution is -0.206. The summed E-state index contributed by atoms with van der Waals surface area (Å²) in [5.41, 5.74) is 2.92. The van der Waals surface area contributed by atoms with E-state index in [9.17, 15) is 18.3 Å². The Morgan fingerprint density at radius 3 is 2.46 bits per heavy atom. The van der Waals surface area contributed by atoms with Crippen LogP contribution in [0.15, 0.2) is 41.0 Å². The quantitative estimate of drug-likeness (QED) is 0.729. The van der Waals surface area contributed by atoms with E-state index in [-0.39, 0.29) is 5.56 Å². The third kappa shape index (κ3) is 3.37. The predicted molar refractivity (Wildman–Crippen MR) is 91.8 cm³/mol. The van der Waals surface area contributed by atoms with Gasteiger partial charge in [0.2, 0.25) is 0 Å². The number of hydrogen-bond donors (Lipinski definition) is 1. The number of aliphatic hydroxyl groups excluding tert-OH is 1. The summed E-state index contributed by atoms with van der Waals surface area (Å²) in [6.45, 7) is 5.45. The lowest BCUT2D eigenvalue weighted by Gasteiger charge is -2.22. The van der Waals surface area contributed by atoms with Crippen molar-refractivity contribution in [1.29, 1.82) is 0 Å². The van der Waals surface area contributed by atoms with Crippen LogP contribution in [0.4, 0.5) is 18.9 Å². The van der Waals surface area contributed by atoms with Crippen molar-refractivity contribution in [2.75, 3.05) is 18.0 Å². The molecule has 0 bridgehead atoms. The first kappa shape index (κ1) is 18.2. The SMILES string of the molecule is CCN(CC)c1cc(-c2cccc(C(O)C(F)(F)F)c2)cc2nonc12. The molecule has 3 aromatic rings. The fourth-order valence-corrected chi connectivity index (χ4v) is 2.92. The molecule has 0 fully saturated rings. The van der Waals surface area contributed by atoms with Gasteiger partial charge in [-0.1, -0.05) is 18.2 Å². The number of fused-ring (bicyclic) bond motifs is 1. The molecule has 0 spiro atoms. The number of hydrogen-bond acceptors (Lipinski definition) is 5. The summed E-state index contributed by atoms with van der Waals surface area (Å²) in [6, 6.07) is 9.31. The summed E-state index contributed by atoms with van der Waals surface area (Å²) in [7, 11) is 0. The van der Waals surface area contributed by atoms with Crippen molar-refractivity contribution in [3.8, 4) is 11.1 Å². The Bertz CT molecular complexity index is 904. The average Bonchev–Trinajstić information content (AvgIpc) is 3.10. The molecule has 0 aliphatic rings. The number of anilines is 1. The van der Waals surface area contributed by atoms with Gasteiger partial charge in [-0.3, -0.25) is 0 Å². The second kappa shape index (κ2) is 6.95. The van der Waals surface area contributed by atoms with Crippen LogP contribution < -0.4 is 4.90 Å². The molecule has 1 N–H and O–H groups in total. The van der Waals surface area contributed by atoms with E-state index >= 15 is 0 Å². The number of nitrogens with zero attached hydrogens (tertiary/aromatic N) is 3. The van der Waals surface area contributed by atoms with Gasteiger partial charge in [-0.2, -0.15) is 13.2 Å². The van der Waals surface area contributed by atoms with E-state index in [1.165, 1.54) is 18.2 Å². The second-order valence-electron chi connectivity index (χ2n) is 5.87. The van der Waals surface area contributed by atoms with Gasteiger partial charge >= 0.3 is 6.18 Å². The number of rotatable bonds is 5. The van der Waals surface area contributed by atoms with Gasteiger partial charge in [-0.15, -0.1) is 0 Å². The molecular weight excluding hydrogens is 347 g/mol. The summed E-state index contributed by atoms with van der Waals surface area (Å²) in [6.07, 6.45) is -7.24. The summed E-state index contributed by atoms with van der Waals surface area (Å²) in [4.78, 5) is 2.06. The van der Waals surface area contributed by atoms with Crippen LogP contribution in [0.25, 0.3) is 22.2 Å². The normalized spacial score (nSPS) is 13.2. The van der Waals surface area contributed by atoms with Crippen LogP contribution in [0.5, 0.6) is 0 Å². The van der Waals surface area contributed by atoms with E-state index in [0.717, 1.165) is 18.8 Å². The third-order valence-corrected chi connectivity index (χ3v) is 4.29. The van der Waals surface area contributed by atoms with Crippen molar-refractivity contribution >= 4 is 16.7 Å². The molecule has 1 aromatic heterocycles. The zero-order chi connectivity index (χ0) is 18.9. The van der Waals surface area contributed by atoms with Crippen LogP contribution in [0.2, 0.25) is 0 Å². The largest absolute Gasteiger partial charge is 0.418 e. The van der Waals surface area contributed by atoms with E-state index in [1.54, 1.807) is 12.1 Å². The minimum absolute atomic E-state index is 0.210. The smallest absolute Gasteiger partial charge is 0.379 e. The first-order chi connectivity index (χ1) is 12.3. The van der Waals surface area contributed by atoms with Gasteiger partial charge in [0, 0.05) is 13.1 Å². The van der Waals surface area contributed by atoms with Crippen molar-refractivity contribution in [3.05, 3.63) is 42.0 Å². The van der Waals surface area contributed by atoms with Crippen LogP contribution in [0.3, 0.4) is 0 Å². The van der Waals surface area contributed by atoms with Crippen LogP contribution in [0, 0.1) is 0 Å². The maximum absolute atomic E-state index is 12.8. The molecule has 0 saturated heterocycles. The van der Waals surface area contributed by atoms with Gasteiger partial charge in [0.1, 0.15) is 5.52 Å². The van der Waals surface area contributed by atoms with Crippen molar-refractivity contribution in [2.45, 2.75) is 26.1 Å². The number of benzene rings is 2. The Kier molecular flexibility index (Phi) is 4.86. The fraction of sp³-hybridized carbons (Fsp3) is 0.333. The molecule has 1 heterocycles. The maximum Gasteiger partial charge on any atom is 0.418 e. The van der Waals surface area contributed by atoms with Gasteiger partial charge in [-0.25, -0.2) is 4.63 Å². The van der Waals surface area contributed by atoms with E-state index in [0.29, 0.717) is 22.2 Å². The first-order valence-corrected chi connectivity index (χ1v) is 8.21. The second-order valence-corrected chi connectivity index (χ2v) is 5.87. The number of halogens is 3. The molecule has 3 rings (SSSR count). The number of aromatic nitrogens is 2. The van der Waals surface area contributed by atoms with Gasteiger partial charge < -0.3 is 10.0 Å². The maximum atomic E-state index is 12.8. The zero-order valence-electron chi connectivity index (χ0n) is 14.3. The Balaban J connectivity index is 2.11. The van der Waals surface area contributed by atoms with Gasteiger partial charge in [-0.05, 0) is 59.1 Å². The van der Waals surface area contributed by atoms with Crippen molar-refractivity contribution in [2.24, 2.45) is 0 Å². The van der Waals surface area contributed by atoms with Gasteiger partial charge in [0.15, 0.2) is 11.6 Å². The third-order valence-electron chi connectivity index (χ3n) is 4.29. The molecule has 26 heavy (non-hydrogen) atoms. The highest BCUT2D eigenvalue weighted by Gasteiger charge is 2.39. The minimum atomic E-state index is -4.72. The molecule has 0 aliphatic carbocycles. The highest BCUT2D eigenvalue weighted by Crippen LogP contribution is 2.36.